The molecule has 0 saturated carbocycles. The van der Waals surface area contributed by atoms with Gasteiger partial charge < -0.3 is 19.3 Å². The van der Waals surface area contributed by atoms with E-state index in [-0.39, 0.29) is 6.73 Å². The number of rotatable bonds is 8. The quantitative estimate of drug-likeness (QED) is 0.442. The molecular formula is C26H29NO4. The largest absolute Gasteiger partial charge is 0.392 e. The second kappa shape index (κ2) is 9.30. The second-order valence-electron chi connectivity index (χ2n) is 7.75. The molecule has 0 bridgehead atoms. The first-order valence-electron chi connectivity index (χ1n) is 10.5. The van der Waals surface area contributed by atoms with Gasteiger partial charge in [0.2, 0.25) is 5.91 Å². The predicted molar refractivity (Wildman–Crippen MR) is 119 cm³/mol. The zero-order valence-electron chi connectivity index (χ0n) is 18.0. The summed E-state index contributed by atoms with van der Waals surface area (Å²) in [6, 6.07) is 30.6. The Morgan fingerprint density at radius 1 is 0.806 bits per heavy atom. The Kier molecular flexibility index (Phi) is 6.51. The molecule has 0 spiro atoms. The number of aliphatic hydroxyl groups excluding tert-OH is 1. The van der Waals surface area contributed by atoms with Crippen LogP contribution < -0.4 is 0 Å². The number of methoxy groups -OCH3 is 2. The number of hydrogen-bond acceptors (Lipinski definition) is 5. The Morgan fingerprint density at radius 3 is 1.61 bits per heavy atom. The smallest absolute Gasteiger partial charge is 0.233 e. The Labute approximate surface area is 183 Å². The monoisotopic (exact) mass is 419 g/mol. The van der Waals surface area contributed by atoms with Crippen molar-refractivity contribution in [3.8, 4) is 0 Å². The van der Waals surface area contributed by atoms with E-state index in [4.69, 9.17) is 14.2 Å². The number of hydrogen-bond donors (Lipinski definition) is 1. The van der Waals surface area contributed by atoms with Gasteiger partial charge in [-0.2, -0.15) is 0 Å². The Morgan fingerprint density at radius 2 is 1.23 bits per heavy atom. The van der Waals surface area contributed by atoms with Crippen LogP contribution in [0, 0.1) is 0 Å². The lowest BCUT2D eigenvalue weighted by Gasteiger charge is -2.40. The van der Waals surface area contributed by atoms with Crippen LogP contribution in [0.3, 0.4) is 0 Å². The van der Waals surface area contributed by atoms with Crippen LogP contribution in [0.1, 0.15) is 23.1 Å². The van der Waals surface area contributed by atoms with Gasteiger partial charge in [0.25, 0.3) is 0 Å². The van der Waals surface area contributed by atoms with E-state index in [2.05, 4.69) is 36.4 Å². The molecule has 4 rings (SSSR count). The average Bonchev–Trinajstić information content (AvgIpc) is 3.17. The molecule has 1 N–H and O–H groups in total. The van der Waals surface area contributed by atoms with E-state index in [1.807, 2.05) is 59.5 Å². The summed E-state index contributed by atoms with van der Waals surface area (Å²) in [5.74, 6) is -1.02. The van der Waals surface area contributed by atoms with E-state index in [1.54, 1.807) is 14.2 Å². The predicted octanol–water partition coefficient (Wildman–Crippen LogP) is 3.97. The van der Waals surface area contributed by atoms with Crippen molar-refractivity contribution >= 4 is 0 Å². The molecule has 1 saturated heterocycles. The fourth-order valence-electron chi connectivity index (χ4n) is 4.49. The van der Waals surface area contributed by atoms with Gasteiger partial charge in [-0.15, -0.1) is 0 Å². The Hall–Kier alpha value is -2.54. The molecule has 1 aliphatic rings. The molecular weight excluding hydrogens is 390 g/mol. The molecule has 5 heteroatoms. The molecule has 1 atom stereocenters. The van der Waals surface area contributed by atoms with Crippen LogP contribution in [0.2, 0.25) is 0 Å². The molecule has 3 aromatic rings. The molecule has 0 aliphatic carbocycles. The fraction of sp³-hybridized carbons (Fsp3) is 0.308. The summed E-state index contributed by atoms with van der Waals surface area (Å²) >= 11 is 0. The van der Waals surface area contributed by atoms with Crippen LogP contribution >= 0.6 is 0 Å². The number of benzene rings is 3. The fourth-order valence-corrected chi connectivity index (χ4v) is 4.49. The lowest BCUT2D eigenvalue weighted by Crippen LogP contribution is -2.49. The highest BCUT2D eigenvalue weighted by molar-refractivity contribution is 5.47. The SMILES string of the molecule is COC1(OC)CC(O)CN1COC(c1ccccc1)(c1ccccc1)c1ccccc1. The normalized spacial score (nSPS) is 18.9. The highest BCUT2D eigenvalue weighted by Gasteiger charge is 2.48. The zero-order chi connectivity index (χ0) is 21.7. The number of nitrogens with zero attached hydrogens (tertiary/aromatic N) is 1. The molecule has 5 nitrogen and oxygen atoms in total. The van der Waals surface area contributed by atoms with Crippen LogP contribution in [0.15, 0.2) is 91.0 Å². The third-order valence-corrected chi connectivity index (χ3v) is 6.02. The summed E-state index contributed by atoms with van der Waals surface area (Å²) in [7, 11) is 3.18. The molecule has 1 unspecified atom stereocenters. The molecule has 0 amide bonds. The molecule has 162 valence electrons. The molecule has 1 aliphatic heterocycles. The van der Waals surface area contributed by atoms with E-state index < -0.39 is 17.6 Å². The van der Waals surface area contributed by atoms with Gasteiger partial charge >= 0.3 is 0 Å². The molecule has 3 aromatic carbocycles. The third kappa shape index (κ3) is 4.03. The van der Waals surface area contributed by atoms with Crippen molar-refractivity contribution in [2.75, 3.05) is 27.5 Å². The molecule has 0 aromatic heterocycles. The minimum absolute atomic E-state index is 0.206. The molecule has 1 fully saturated rings. The first kappa shape index (κ1) is 21.7. The maximum absolute atomic E-state index is 10.3. The maximum Gasteiger partial charge on any atom is 0.233 e. The van der Waals surface area contributed by atoms with Crippen molar-refractivity contribution in [3.05, 3.63) is 108 Å². The van der Waals surface area contributed by atoms with Gasteiger partial charge in [0, 0.05) is 27.2 Å². The van der Waals surface area contributed by atoms with Crippen molar-refractivity contribution < 1.29 is 19.3 Å². The second-order valence-corrected chi connectivity index (χ2v) is 7.75. The summed E-state index contributed by atoms with van der Waals surface area (Å²) in [6.45, 7) is 0.605. The lowest BCUT2D eigenvalue weighted by atomic mass is 9.80. The molecule has 0 radical (unpaired) electrons. The minimum atomic E-state index is -1.02. The van der Waals surface area contributed by atoms with Crippen molar-refractivity contribution in [3.63, 3.8) is 0 Å². The van der Waals surface area contributed by atoms with Crippen LogP contribution in [0.25, 0.3) is 0 Å². The summed E-state index contributed by atoms with van der Waals surface area (Å²) in [6.07, 6.45) is -0.193. The summed E-state index contributed by atoms with van der Waals surface area (Å²) in [5, 5.41) is 10.3. The van der Waals surface area contributed by atoms with E-state index in [1.165, 1.54) is 0 Å². The molecule has 31 heavy (non-hydrogen) atoms. The van der Waals surface area contributed by atoms with E-state index in [9.17, 15) is 5.11 Å². The van der Waals surface area contributed by atoms with Crippen molar-refractivity contribution in [1.82, 2.24) is 4.90 Å². The number of ether oxygens (including phenoxy) is 3. The van der Waals surface area contributed by atoms with Crippen LogP contribution in [-0.4, -0.2) is 49.5 Å². The van der Waals surface area contributed by atoms with Crippen LogP contribution in [-0.2, 0) is 19.8 Å². The van der Waals surface area contributed by atoms with Crippen molar-refractivity contribution in [2.24, 2.45) is 0 Å². The molecule has 1 heterocycles. The van der Waals surface area contributed by atoms with Crippen molar-refractivity contribution in [2.45, 2.75) is 24.0 Å². The maximum atomic E-state index is 10.3. The van der Waals surface area contributed by atoms with Gasteiger partial charge in [-0.05, 0) is 16.7 Å². The van der Waals surface area contributed by atoms with Gasteiger partial charge in [-0.1, -0.05) is 91.0 Å². The Balaban J connectivity index is 1.81. The van der Waals surface area contributed by atoms with Gasteiger partial charge in [0.1, 0.15) is 12.3 Å². The van der Waals surface area contributed by atoms with Crippen LogP contribution in [0.5, 0.6) is 0 Å². The first-order valence-corrected chi connectivity index (χ1v) is 10.5. The number of β-amino-alcohol motifs (C(OH)–C–C–N with tert-alkyl or cyclic N) is 1. The van der Waals surface area contributed by atoms with E-state index >= 15 is 0 Å². The standard InChI is InChI=1S/C26H29NO4/c1-29-25(30-2)18-24(28)19-27(25)20-31-26(21-12-6-3-7-13-21,22-14-8-4-9-15-22)23-16-10-5-11-17-23/h3-17,24,28H,18-20H2,1-2H3. The first-order chi connectivity index (χ1) is 15.1. The third-order valence-electron chi connectivity index (χ3n) is 6.02. The summed E-state index contributed by atoms with van der Waals surface area (Å²) < 4.78 is 18.2. The van der Waals surface area contributed by atoms with Gasteiger partial charge in [-0.3, -0.25) is 0 Å². The average molecular weight is 420 g/mol. The lowest BCUT2D eigenvalue weighted by molar-refractivity contribution is -0.298. The van der Waals surface area contributed by atoms with E-state index in [0.717, 1.165) is 16.7 Å². The van der Waals surface area contributed by atoms with Crippen molar-refractivity contribution in [1.29, 1.82) is 0 Å². The van der Waals surface area contributed by atoms with Gasteiger partial charge in [-0.25, -0.2) is 4.90 Å². The van der Waals surface area contributed by atoms with E-state index in [0.29, 0.717) is 13.0 Å². The Bertz CT molecular complexity index is 848. The highest BCUT2D eigenvalue weighted by Crippen LogP contribution is 2.41. The minimum Gasteiger partial charge on any atom is -0.392 e. The topological polar surface area (TPSA) is 51.2 Å². The highest BCUT2D eigenvalue weighted by atomic mass is 16.7. The van der Waals surface area contributed by atoms with Gasteiger partial charge in [0.05, 0.1) is 6.10 Å². The zero-order valence-corrected chi connectivity index (χ0v) is 18.0. The van der Waals surface area contributed by atoms with Crippen LogP contribution in [0.4, 0.5) is 0 Å². The number of aliphatic hydroxyl groups is 1. The summed E-state index contributed by atoms with van der Waals surface area (Å²) in [4.78, 5) is 1.90. The number of likely N-dealkylation sites (tertiary alicyclic amines) is 1. The summed E-state index contributed by atoms with van der Waals surface area (Å²) in [5.41, 5.74) is 2.22. The van der Waals surface area contributed by atoms with Gasteiger partial charge in [0.15, 0.2) is 0 Å².